The predicted octanol–water partition coefficient (Wildman–Crippen LogP) is 5.08. The van der Waals surface area contributed by atoms with Crippen molar-refractivity contribution in [1.82, 2.24) is 9.80 Å². The normalized spacial score (nSPS) is 14.9. The minimum absolute atomic E-state index is 0.186. The summed E-state index contributed by atoms with van der Waals surface area (Å²) in [6.45, 7) is 7.87. The largest absolute Gasteiger partial charge is 0.465 e. The summed E-state index contributed by atoms with van der Waals surface area (Å²) in [6, 6.07) is 18.7. The fraction of sp³-hybridized carbons (Fsp3) is 0.333. The Hall–Kier alpha value is -3.30. The lowest BCUT2D eigenvalue weighted by Crippen LogP contribution is -2.41. The zero-order valence-corrected chi connectivity index (χ0v) is 21.4. The first-order valence-corrected chi connectivity index (χ1v) is 12.8. The highest BCUT2D eigenvalue weighted by atomic mass is 19.1. The molecule has 0 aliphatic carbocycles. The Morgan fingerprint density at radius 2 is 1.45 bits per heavy atom. The summed E-state index contributed by atoms with van der Waals surface area (Å²) in [5.74, 6) is 1.50. The number of furan rings is 2. The van der Waals surface area contributed by atoms with Crippen LogP contribution in [0.4, 0.5) is 8.78 Å². The first kappa shape index (κ1) is 26.3. The number of halogens is 2. The van der Waals surface area contributed by atoms with Crippen LogP contribution >= 0.6 is 0 Å². The van der Waals surface area contributed by atoms with Crippen LogP contribution in [0.5, 0.6) is 0 Å². The Bertz CT molecular complexity index is 1300. The smallest absolute Gasteiger partial charge is 0.173 e. The van der Waals surface area contributed by atoms with Crippen molar-refractivity contribution in [2.24, 2.45) is 0 Å². The van der Waals surface area contributed by atoms with Gasteiger partial charge in [0, 0.05) is 26.2 Å². The average molecular weight is 523 g/mol. The van der Waals surface area contributed by atoms with Crippen LogP contribution in [0.2, 0.25) is 0 Å². The maximum absolute atomic E-state index is 14.2. The van der Waals surface area contributed by atoms with E-state index in [4.69, 9.17) is 13.6 Å². The lowest BCUT2D eigenvalue weighted by molar-refractivity contribution is 0.0315. The second-order valence-electron chi connectivity index (χ2n) is 9.67. The van der Waals surface area contributed by atoms with Crippen molar-refractivity contribution in [2.75, 3.05) is 39.4 Å². The highest BCUT2D eigenvalue weighted by Gasteiger charge is 2.38. The molecule has 4 aromatic rings. The van der Waals surface area contributed by atoms with Crippen molar-refractivity contribution in [1.29, 1.82) is 0 Å². The van der Waals surface area contributed by atoms with Crippen LogP contribution < -0.4 is 0 Å². The van der Waals surface area contributed by atoms with Gasteiger partial charge in [-0.05, 0) is 66.6 Å². The second-order valence-corrected chi connectivity index (χ2v) is 9.67. The summed E-state index contributed by atoms with van der Waals surface area (Å²) in [6.07, 6.45) is 0. The molecule has 0 atom stereocenters. The number of nitrogens with zero attached hydrogens (tertiary/aromatic N) is 2. The highest BCUT2D eigenvalue weighted by molar-refractivity contribution is 5.44. The van der Waals surface area contributed by atoms with Crippen LogP contribution in [-0.4, -0.2) is 54.3 Å². The number of morpholine rings is 1. The van der Waals surface area contributed by atoms with E-state index in [9.17, 15) is 13.9 Å². The standard InChI is InChI=1S/C30H32F2N2O4/c1-22-8-9-27(37-22)20-34(13-12-33-14-16-36-17-15-33)21-28-10-11-29(38-28)30(35,23-4-2-6-25(31)18-23)24-5-3-7-26(32)19-24/h2-11,18-19,35H,12-17,20-21H2,1H3. The molecule has 1 saturated heterocycles. The van der Waals surface area contributed by atoms with Crippen molar-refractivity contribution in [3.05, 3.63) is 119 Å². The Morgan fingerprint density at radius 1 is 0.842 bits per heavy atom. The number of benzene rings is 2. The summed E-state index contributed by atoms with van der Waals surface area (Å²) in [5, 5.41) is 12.0. The number of hydrogen-bond acceptors (Lipinski definition) is 6. The molecule has 8 heteroatoms. The van der Waals surface area contributed by atoms with E-state index in [-0.39, 0.29) is 16.9 Å². The quantitative estimate of drug-likeness (QED) is 0.314. The SMILES string of the molecule is Cc1ccc(CN(CCN2CCOCC2)Cc2ccc(C(O)(c3cccc(F)c3)c3cccc(F)c3)o2)o1. The van der Waals surface area contributed by atoms with E-state index in [1.807, 2.05) is 19.1 Å². The summed E-state index contributed by atoms with van der Waals surface area (Å²) >= 11 is 0. The van der Waals surface area contributed by atoms with Crippen molar-refractivity contribution in [3.63, 3.8) is 0 Å². The maximum Gasteiger partial charge on any atom is 0.173 e. The van der Waals surface area contributed by atoms with E-state index in [0.29, 0.717) is 18.8 Å². The summed E-state index contributed by atoms with van der Waals surface area (Å²) in [5.41, 5.74) is -1.38. The van der Waals surface area contributed by atoms with Crippen LogP contribution in [0.25, 0.3) is 0 Å². The molecule has 2 aromatic heterocycles. The predicted molar refractivity (Wildman–Crippen MR) is 138 cm³/mol. The number of ether oxygens (including phenoxy) is 1. The fourth-order valence-electron chi connectivity index (χ4n) is 4.87. The lowest BCUT2D eigenvalue weighted by Gasteiger charge is -2.29. The van der Waals surface area contributed by atoms with Crippen molar-refractivity contribution >= 4 is 0 Å². The molecule has 0 saturated carbocycles. The zero-order chi connectivity index (χ0) is 26.5. The van der Waals surface area contributed by atoms with Crippen LogP contribution in [0.1, 0.15) is 34.2 Å². The maximum atomic E-state index is 14.2. The summed E-state index contributed by atoms with van der Waals surface area (Å²) in [7, 11) is 0. The minimum Gasteiger partial charge on any atom is -0.465 e. The molecule has 3 heterocycles. The van der Waals surface area contributed by atoms with Crippen LogP contribution in [-0.2, 0) is 23.4 Å². The number of rotatable bonds is 10. The van der Waals surface area contributed by atoms with E-state index in [0.717, 1.165) is 50.9 Å². The zero-order valence-electron chi connectivity index (χ0n) is 21.4. The first-order chi connectivity index (χ1) is 18.4. The Kier molecular flexibility index (Phi) is 8.04. The van der Waals surface area contributed by atoms with Gasteiger partial charge in [0.2, 0.25) is 0 Å². The number of aliphatic hydroxyl groups is 1. The van der Waals surface area contributed by atoms with E-state index < -0.39 is 17.2 Å². The van der Waals surface area contributed by atoms with Gasteiger partial charge in [0.15, 0.2) is 5.60 Å². The van der Waals surface area contributed by atoms with Gasteiger partial charge in [0.05, 0.1) is 26.3 Å². The molecule has 6 nitrogen and oxygen atoms in total. The summed E-state index contributed by atoms with van der Waals surface area (Å²) in [4.78, 5) is 4.59. The monoisotopic (exact) mass is 522 g/mol. The van der Waals surface area contributed by atoms with Gasteiger partial charge >= 0.3 is 0 Å². The Morgan fingerprint density at radius 3 is 2.03 bits per heavy atom. The molecule has 1 N–H and O–H groups in total. The summed E-state index contributed by atoms with van der Waals surface area (Å²) < 4.78 is 45.9. The average Bonchev–Trinajstić information content (AvgIpc) is 3.56. The first-order valence-electron chi connectivity index (χ1n) is 12.8. The van der Waals surface area contributed by atoms with Crippen LogP contribution in [0.15, 0.2) is 81.6 Å². The molecule has 1 fully saturated rings. The third-order valence-corrected chi connectivity index (χ3v) is 6.89. The molecular formula is C30H32F2N2O4. The minimum atomic E-state index is -1.88. The molecule has 38 heavy (non-hydrogen) atoms. The van der Waals surface area contributed by atoms with Gasteiger partial charge in [-0.25, -0.2) is 8.78 Å². The molecular weight excluding hydrogens is 490 g/mol. The van der Waals surface area contributed by atoms with Gasteiger partial charge in [-0.3, -0.25) is 9.80 Å². The molecule has 0 spiro atoms. The van der Waals surface area contributed by atoms with Crippen molar-refractivity contribution in [2.45, 2.75) is 25.6 Å². The van der Waals surface area contributed by atoms with Crippen LogP contribution in [0.3, 0.4) is 0 Å². The topological polar surface area (TPSA) is 62.2 Å². The van der Waals surface area contributed by atoms with Crippen molar-refractivity contribution < 1.29 is 27.5 Å². The molecule has 5 rings (SSSR count). The van der Waals surface area contributed by atoms with Crippen LogP contribution in [0, 0.1) is 18.6 Å². The second kappa shape index (κ2) is 11.6. The molecule has 200 valence electrons. The van der Waals surface area contributed by atoms with Gasteiger partial charge in [-0.2, -0.15) is 0 Å². The van der Waals surface area contributed by atoms with Crippen molar-refractivity contribution in [3.8, 4) is 0 Å². The third kappa shape index (κ3) is 6.05. The molecule has 1 aliphatic heterocycles. The van der Waals surface area contributed by atoms with E-state index in [1.165, 1.54) is 36.4 Å². The molecule has 0 bridgehead atoms. The van der Waals surface area contributed by atoms with E-state index in [1.54, 1.807) is 24.3 Å². The Balaban J connectivity index is 1.42. The van der Waals surface area contributed by atoms with E-state index in [2.05, 4.69) is 9.80 Å². The molecule has 0 radical (unpaired) electrons. The van der Waals surface area contributed by atoms with Gasteiger partial charge < -0.3 is 18.7 Å². The number of hydrogen-bond donors (Lipinski definition) is 1. The Labute approximate surface area is 221 Å². The van der Waals surface area contributed by atoms with Gasteiger partial charge in [-0.1, -0.05) is 24.3 Å². The van der Waals surface area contributed by atoms with Gasteiger partial charge in [-0.15, -0.1) is 0 Å². The van der Waals surface area contributed by atoms with E-state index >= 15 is 0 Å². The van der Waals surface area contributed by atoms with Gasteiger partial charge in [0.1, 0.15) is 34.7 Å². The van der Waals surface area contributed by atoms with Gasteiger partial charge in [0.25, 0.3) is 0 Å². The third-order valence-electron chi connectivity index (χ3n) is 6.89. The molecule has 1 aliphatic rings. The highest BCUT2D eigenvalue weighted by Crippen LogP contribution is 2.38. The molecule has 0 amide bonds. The number of aryl methyl sites for hydroxylation is 1. The molecule has 2 aromatic carbocycles. The molecule has 0 unspecified atom stereocenters. The fourth-order valence-corrected chi connectivity index (χ4v) is 4.87. The lowest BCUT2D eigenvalue weighted by atomic mass is 9.84.